The lowest BCUT2D eigenvalue weighted by Crippen LogP contribution is -2.42. The second-order valence-corrected chi connectivity index (χ2v) is 6.81. The molecule has 0 spiro atoms. The molecular formula is C17H30N6. The number of aromatic nitrogens is 2. The van der Waals surface area contributed by atoms with E-state index in [1.54, 1.807) is 0 Å². The van der Waals surface area contributed by atoms with Crippen LogP contribution >= 0.6 is 0 Å². The lowest BCUT2D eigenvalue weighted by molar-refractivity contribution is 0.249. The van der Waals surface area contributed by atoms with Crippen molar-refractivity contribution in [3.05, 3.63) is 17.0 Å². The molecule has 2 fully saturated rings. The molecule has 3 heterocycles. The summed E-state index contributed by atoms with van der Waals surface area (Å²) in [6.07, 6.45) is 3.98. The summed E-state index contributed by atoms with van der Waals surface area (Å²) in [6.45, 7) is 9.75. The van der Waals surface area contributed by atoms with Crippen molar-refractivity contribution in [2.75, 3.05) is 33.2 Å². The van der Waals surface area contributed by atoms with Gasteiger partial charge in [0, 0.05) is 51.0 Å². The fraction of sp³-hybridized carbons (Fsp3) is 0.765. The minimum absolute atomic E-state index is 0.706. The maximum atomic E-state index is 4.50. The quantitative estimate of drug-likeness (QED) is 0.674. The average Bonchev–Trinajstić information content (AvgIpc) is 3.24. The summed E-state index contributed by atoms with van der Waals surface area (Å²) in [5.74, 6) is 1.02. The number of nitrogens with one attached hydrogen (secondary N) is 1. The van der Waals surface area contributed by atoms with Crippen molar-refractivity contribution in [3.63, 3.8) is 0 Å². The van der Waals surface area contributed by atoms with Crippen LogP contribution in [0.2, 0.25) is 0 Å². The summed E-state index contributed by atoms with van der Waals surface area (Å²) in [7, 11) is 3.89. The molecule has 1 N–H and O–H groups in total. The topological polar surface area (TPSA) is 48.7 Å². The molecule has 128 valence electrons. The van der Waals surface area contributed by atoms with E-state index in [2.05, 4.69) is 39.1 Å². The van der Waals surface area contributed by atoms with Crippen molar-refractivity contribution < 1.29 is 0 Å². The smallest absolute Gasteiger partial charge is 0.193 e. The minimum Gasteiger partial charge on any atom is -0.352 e. The summed E-state index contributed by atoms with van der Waals surface area (Å²) in [6, 6.07) is 0.706. The summed E-state index contributed by atoms with van der Waals surface area (Å²) in [4.78, 5) is 9.56. The predicted octanol–water partition coefficient (Wildman–Crippen LogP) is 1.28. The van der Waals surface area contributed by atoms with Crippen molar-refractivity contribution in [2.24, 2.45) is 12.0 Å². The number of nitrogens with zero attached hydrogens (tertiary/aromatic N) is 5. The largest absolute Gasteiger partial charge is 0.352 e. The number of guanidine groups is 1. The van der Waals surface area contributed by atoms with Crippen LogP contribution in [0.1, 0.15) is 36.2 Å². The van der Waals surface area contributed by atoms with E-state index in [4.69, 9.17) is 0 Å². The Bertz CT molecular complexity index is 570. The number of aliphatic imine (C=N–C) groups is 1. The fourth-order valence-electron chi connectivity index (χ4n) is 3.91. The molecule has 1 atom stereocenters. The van der Waals surface area contributed by atoms with Crippen LogP contribution in [-0.2, 0) is 13.6 Å². The molecular weight excluding hydrogens is 288 g/mol. The first-order chi connectivity index (χ1) is 11.1. The zero-order valence-electron chi connectivity index (χ0n) is 15.0. The fourth-order valence-corrected chi connectivity index (χ4v) is 3.91. The Balaban J connectivity index is 1.58. The van der Waals surface area contributed by atoms with Crippen LogP contribution in [0.4, 0.5) is 0 Å². The molecule has 0 aromatic carbocycles. The highest BCUT2D eigenvalue weighted by Crippen LogP contribution is 2.20. The van der Waals surface area contributed by atoms with Gasteiger partial charge in [-0.25, -0.2) is 0 Å². The van der Waals surface area contributed by atoms with Crippen LogP contribution < -0.4 is 5.32 Å². The Labute approximate surface area is 139 Å². The van der Waals surface area contributed by atoms with Crippen molar-refractivity contribution in [1.29, 1.82) is 0 Å². The Hall–Kier alpha value is -1.56. The zero-order chi connectivity index (χ0) is 16.4. The molecule has 6 heteroatoms. The van der Waals surface area contributed by atoms with Gasteiger partial charge < -0.3 is 10.2 Å². The van der Waals surface area contributed by atoms with Crippen LogP contribution in [0.25, 0.3) is 0 Å². The molecule has 1 aromatic heterocycles. The number of hydrogen-bond donors (Lipinski definition) is 1. The Morgan fingerprint density at radius 3 is 2.61 bits per heavy atom. The van der Waals surface area contributed by atoms with E-state index in [1.807, 2.05) is 18.8 Å². The first-order valence-electron chi connectivity index (χ1n) is 8.79. The van der Waals surface area contributed by atoms with Gasteiger partial charge in [0.1, 0.15) is 0 Å². The highest BCUT2D eigenvalue weighted by atomic mass is 15.3. The normalized spacial score (nSPS) is 23.0. The lowest BCUT2D eigenvalue weighted by Gasteiger charge is -2.25. The SMILES string of the molecule is CN=C(NCc1c(C)nn(C)c1C)N1CCC(N2CCCC2)C1. The van der Waals surface area contributed by atoms with Crippen molar-refractivity contribution in [1.82, 2.24) is 24.9 Å². The van der Waals surface area contributed by atoms with E-state index in [9.17, 15) is 0 Å². The van der Waals surface area contributed by atoms with E-state index >= 15 is 0 Å². The molecule has 0 radical (unpaired) electrons. The number of aryl methyl sites for hydroxylation is 2. The molecule has 0 bridgehead atoms. The van der Waals surface area contributed by atoms with E-state index in [1.165, 1.54) is 43.6 Å². The zero-order valence-corrected chi connectivity index (χ0v) is 15.0. The van der Waals surface area contributed by atoms with Crippen LogP contribution in [0.15, 0.2) is 4.99 Å². The average molecular weight is 318 g/mol. The van der Waals surface area contributed by atoms with Gasteiger partial charge in [-0.05, 0) is 46.2 Å². The standard InChI is InChI=1S/C17H30N6/c1-13-16(14(2)21(4)20-13)11-19-17(18-3)23-10-7-15(12-23)22-8-5-6-9-22/h15H,5-12H2,1-4H3,(H,18,19). The Morgan fingerprint density at radius 1 is 1.26 bits per heavy atom. The van der Waals surface area contributed by atoms with Gasteiger partial charge in [0.25, 0.3) is 0 Å². The van der Waals surface area contributed by atoms with Gasteiger partial charge in [0.15, 0.2) is 5.96 Å². The van der Waals surface area contributed by atoms with Crippen molar-refractivity contribution in [2.45, 2.75) is 45.7 Å². The Morgan fingerprint density at radius 2 is 2.00 bits per heavy atom. The molecule has 0 aliphatic carbocycles. The summed E-state index contributed by atoms with van der Waals surface area (Å²) in [5, 5.41) is 8.03. The molecule has 2 aliphatic rings. The van der Waals surface area contributed by atoms with E-state index in [-0.39, 0.29) is 0 Å². The number of hydrogen-bond acceptors (Lipinski definition) is 3. The predicted molar refractivity (Wildman–Crippen MR) is 93.7 cm³/mol. The molecule has 1 unspecified atom stereocenters. The van der Waals surface area contributed by atoms with E-state index in [0.29, 0.717) is 6.04 Å². The maximum Gasteiger partial charge on any atom is 0.193 e. The Kier molecular flexibility index (Phi) is 4.90. The van der Waals surface area contributed by atoms with Crippen LogP contribution in [0.3, 0.4) is 0 Å². The third-order valence-corrected chi connectivity index (χ3v) is 5.41. The molecule has 0 saturated carbocycles. The number of rotatable bonds is 3. The molecule has 1 aromatic rings. The third-order valence-electron chi connectivity index (χ3n) is 5.41. The van der Waals surface area contributed by atoms with E-state index < -0.39 is 0 Å². The van der Waals surface area contributed by atoms with Gasteiger partial charge in [0.2, 0.25) is 0 Å². The van der Waals surface area contributed by atoms with Crippen molar-refractivity contribution in [3.8, 4) is 0 Å². The first kappa shape index (κ1) is 16.3. The second kappa shape index (κ2) is 6.91. The molecule has 6 nitrogen and oxygen atoms in total. The maximum absolute atomic E-state index is 4.50. The summed E-state index contributed by atoms with van der Waals surface area (Å²) >= 11 is 0. The molecule has 3 rings (SSSR count). The number of likely N-dealkylation sites (tertiary alicyclic amines) is 2. The minimum atomic E-state index is 0.706. The van der Waals surface area contributed by atoms with Gasteiger partial charge in [-0.2, -0.15) is 5.10 Å². The van der Waals surface area contributed by atoms with Gasteiger partial charge >= 0.3 is 0 Å². The van der Waals surface area contributed by atoms with Crippen LogP contribution in [0.5, 0.6) is 0 Å². The second-order valence-electron chi connectivity index (χ2n) is 6.81. The molecule has 2 aliphatic heterocycles. The van der Waals surface area contributed by atoms with Gasteiger partial charge in [-0.3, -0.25) is 14.6 Å². The monoisotopic (exact) mass is 318 g/mol. The lowest BCUT2D eigenvalue weighted by atomic mass is 10.2. The molecule has 2 saturated heterocycles. The van der Waals surface area contributed by atoms with Gasteiger partial charge in [0.05, 0.1) is 5.69 Å². The molecule has 0 amide bonds. The summed E-state index contributed by atoms with van der Waals surface area (Å²) in [5.41, 5.74) is 3.61. The van der Waals surface area contributed by atoms with Crippen molar-refractivity contribution >= 4 is 5.96 Å². The summed E-state index contributed by atoms with van der Waals surface area (Å²) < 4.78 is 1.95. The first-order valence-corrected chi connectivity index (χ1v) is 8.79. The third kappa shape index (κ3) is 3.37. The highest BCUT2D eigenvalue weighted by Gasteiger charge is 2.30. The van der Waals surface area contributed by atoms with E-state index in [0.717, 1.165) is 31.3 Å². The highest BCUT2D eigenvalue weighted by molar-refractivity contribution is 5.80. The van der Waals surface area contributed by atoms with Crippen LogP contribution in [-0.4, -0.2) is 64.8 Å². The van der Waals surface area contributed by atoms with Crippen LogP contribution in [0, 0.1) is 13.8 Å². The van der Waals surface area contributed by atoms with Gasteiger partial charge in [-0.15, -0.1) is 0 Å². The van der Waals surface area contributed by atoms with Gasteiger partial charge in [-0.1, -0.05) is 0 Å². The molecule has 23 heavy (non-hydrogen) atoms.